The molecule has 2 nitrogen and oxygen atoms in total. The van der Waals surface area contributed by atoms with E-state index >= 15 is 0 Å². The quantitative estimate of drug-likeness (QED) is 0.541. The molecular formula is C12H14O2. The Labute approximate surface area is 84.2 Å². The molecule has 1 rings (SSSR count). The number of hydrogen-bond acceptors (Lipinski definition) is 2. The van der Waals surface area contributed by atoms with Crippen LogP contribution in [0.4, 0.5) is 0 Å². The van der Waals surface area contributed by atoms with E-state index in [2.05, 4.69) is 0 Å². The topological polar surface area (TPSA) is 26.3 Å². The van der Waals surface area contributed by atoms with Crippen LogP contribution in [0.25, 0.3) is 0 Å². The number of aryl methyl sites for hydroxylation is 1. The first-order chi connectivity index (χ1) is 6.58. The van der Waals surface area contributed by atoms with Crippen LogP contribution in [0.15, 0.2) is 36.1 Å². The number of ketones is 1. The van der Waals surface area contributed by atoms with Crippen molar-refractivity contribution in [2.24, 2.45) is 0 Å². The van der Waals surface area contributed by atoms with E-state index < -0.39 is 0 Å². The van der Waals surface area contributed by atoms with Crippen LogP contribution in [-0.4, -0.2) is 5.78 Å². The highest BCUT2D eigenvalue weighted by Gasteiger charge is 1.96. The Hall–Kier alpha value is -1.57. The van der Waals surface area contributed by atoms with Crippen LogP contribution in [0.5, 0.6) is 5.75 Å². The minimum atomic E-state index is -0.00499. The van der Waals surface area contributed by atoms with Crippen molar-refractivity contribution in [1.82, 2.24) is 0 Å². The predicted octanol–water partition coefficient (Wildman–Crippen LogP) is 2.87. The number of carbonyl (C=O) groups excluding carboxylic acids is 1. The lowest BCUT2D eigenvalue weighted by Gasteiger charge is -2.04. The Balaban J connectivity index is 2.69. The molecule has 0 amide bonds. The highest BCUT2D eigenvalue weighted by Crippen LogP contribution is 2.14. The standard InChI is InChI=1S/C12H14O2/c1-9-4-6-12(7-5-9)14-11(3)8-10(2)13/h4-8H,1-3H3/b11-8+. The summed E-state index contributed by atoms with van der Waals surface area (Å²) in [6.45, 7) is 5.28. The predicted molar refractivity (Wildman–Crippen MR) is 56.2 cm³/mol. The molecule has 0 bridgehead atoms. The Morgan fingerprint density at radius 3 is 2.29 bits per heavy atom. The molecule has 0 saturated carbocycles. The van der Waals surface area contributed by atoms with Gasteiger partial charge in [0, 0.05) is 6.08 Å². The average Bonchev–Trinajstić information content (AvgIpc) is 2.07. The van der Waals surface area contributed by atoms with Crippen LogP contribution in [-0.2, 0) is 4.79 Å². The third-order valence-corrected chi connectivity index (χ3v) is 1.71. The molecule has 0 saturated heterocycles. The zero-order valence-electron chi connectivity index (χ0n) is 8.70. The maximum atomic E-state index is 10.7. The highest BCUT2D eigenvalue weighted by atomic mass is 16.5. The van der Waals surface area contributed by atoms with Gasteiger partial charge in [0.15, 0.2) is 5.78 Å². The number of rotatable bonds is 3. The van der Waals surface area contributed by atoms with E-state index in [9.17, 15) is 4.79 Å². The monoisotopic (exact) mass is 190 g/mol. The zero-order chi connectivity index (χ0) is 10.6. The molecule has 1 aromatic rings. The van der Waals surface area contributed by atoms with Gasteiger partial charge in [-0.2, -0.15) is 0 Å². The van der Waals surface area contributed by atoms with E-state index in [0.29, 0.717) is 5.76 Å². The second-order valence-corrected chi connectivity index (χ2v) is 3.28. The third kappa shape index (κ3) is 3.44. The molecule has 0 atom stereocenters. The largest absolute Gasteiger partial charge is 0.462 e. The van der Waals surface area contributed by atoms with Gasteiger partial charge in [-0.3, -0.25) is 4.79 Å². The van der Waals surface area contributed by atoms with E-state index in [4.69, 9.17) is 4.74 Å². The molecule has 74 valence electrons. The van der Waals surface area contributed by atoms with Crippen molar-refractivity contribution in [2.45, 2.75) is 20.8 Å². The SMILES string of the molecule is CC(=O)/C=C(\C)Oc1ccc(C)cc1. The number of hydrogen-bond donors (Lipinski definition) is 0. The van der Waals surface area contributed by atoms with Crippen molar-refractivity contribution in [3.63, 3.8) is 0 Å². The summed E-state index contributed by atoms with van der Waals surface area (Å²) in [7, 11) is 0. The lowest BCUT2D eigenvalue weighted by Crippen LogP contribution is -1.94. The van der Waals surface area contributed by atoms with Gasteiger partial charge < -0.3 is 4.74 Å². The fourth-order valence-electron chi connectivity index (χ4n) is 1.11. The molecule has 2 heteroatoms. The molecule has 0 heterocycles. The summed E-state index contributed by atoms with van der Waals surface area (Å²) in [6, 6.07) is 7.70. The lowest BCUT2D eigenvalue weighted by molar-refractivity contribution is -0.112. The van der Waals surface area contributed by atoms with Crippen LogP contribution in [0, 0.1) is 6.92 Å². The molecule has 0 aliphatic carbocycles. The first-order valence-corrected chi connectivity index (χ1v) is 4.51. The maximum absolute atomic E-state index is 10.7. The van der Waals surface area contributed by atoms with Gasteiger partial charge in [0.2, 0.25) is 0 Å². The van der Waals surface area contributed by atoms with E-state index in [1.54, 1.807) is 6.92 Å². The van der Waals surface area contributed by atoms with Crippen LogP contribution < -0.4 is 4.74 Å². The average molecular weight is 190 g/mol. The number of benzene rings is 1. The van der Waals surface area contributed by atoms with Crippen molar-refractivity contribution in [3.05, 3.63) is 41.7 Å². The smallest absolute Gasteiger partial charge is 0.155 e. The summed E-state index contributed by atoms with van der Waals surface area (Å²) in [5.74, 6) is 1.36. The molecule has 0 aromatic heterocycles. The minimum Gasteiger partial charge on any atom is -0.462 e. The Kier molecular flexibility index (Phi) is 3.46. The zero-order valence-corrected chi connectivity index (χ0v) is 8.70. The van der Waals surface area contributed by atoms with Gasteiger partial charge in [0.05, 0.1) is 0 Å². The van der Waals surface area contributed by atoms with Crippen molar-refractivity contribution in [3.8, 4) is 5.75 Å². The number of carbonyl (C=O) groups is 1. The molecule has 0 spiro atoms. The number of ether oxygens (including phenoxy) is 1. The molecule has 14 heavy (non-hydrogen) atoms. The fourth-order valence-corrected chi connectivity index (χ4v) is 1.11. The van der Waals surface area contributed by atoms with Gasteiger partial charge in [0.1, 0.15) is 11.5 Å². The Bertz CT molecular complexity index is 347. The van der Waals surface area contributed by atoms with Crippen LogP contribution >= 0.6 is 0 Å². The van der Waals surface area contributed by atoms with Crippen LogP contribution in [0.3, 0.4) is 0 Å². The van der Waals surface area contributed by atoms with Gasteiger partial charge in [-0.1, -0.05) is 17.7 Å². The molecule has 0 unspecified atom stereocenters. The Morgan fingerprint density at radius 2 is 1.79 bits per heavy atom. The molecule has 0 aliphatic heterocycles. The summed E-state index contributed by atoms with van der Waals surface area (Å²) in [6.07, 6.45) is 1.47. The van der Waals surface area contributed by atoms with E-state index in [-0.39, 0.29) is 5.78 Å². The number of allylic oxidation sites excluding steroid dienone is 2. The fraction of sp³-hybridized carbons (Fsp3) is 0.250. The minimum absolute atomic E-state index is 0.00499. The van der Waals surface area contributed by atoms with Crippen molar-refractivity contribution >= 4 is 5.78 Å². The summed E-state index contributed by atoms with van der Waals surface area (Å²) < 4.78 is 5.42. The van der Waals surface area contributed by atoms with Gasteiger partial charge in [-0.25, -0.2) is 0 Å². The second-order valence-electron chi connectivity index (χ2n) is 3.28. The molecule has 0 fully saturated rings. The van der Waals surface area contributed by atoms with Crippen LogP contribution in [0.1, 0.15) is 19.4 Å². The van der Waals surface area contributed by atoms with Crippen molar-refractivity contribution in [1.29, 1.82) is 0 Å². The molecule has 0 aliphatic rings. The maximum Gasteiger partial charge on any atom is 0.155 e. The summed E-state index contributed by atoms with van der Waals surface area (Å²) in [5.41, 5.74) is 1.19. The molecule has 0 N–H and O–H groups in total. The van der Waals surface area contributed by atoms with E-state index in [1.807, 2.05) is 31.2 Å². The third-order valence-electron chi connectivity index (χ3n) is 1.71. The van der Waals surface area contributed by atoms with E-state index in [0.717, 1.165) is 5.75 Å². The van der Waals surface area contributed by atoms with Crippen molar-refractivity contribution in [2.75, 3.05) is 0 Å². The summed E-state index contributed by atoms with van der Waals surface area (Å²) >= 11 is 0. The highest BCUT2D eigenvalue weighted by molar-refractivity contribution is 5.87. The van der Waals surface area contributed by atoms with Gasteiger partial charge in [-0.15, -0.1) is 0 Å². The van der Waals surface area contributed by atoms with Gasteiger partial charge in [0.25, 0.3) is 0 Å². The van der Waals surface area contributed by atoms with Gasteiger partial charge >= 0.3 is 0 Å². The summed E-state index contributed by atoms with van der Waals surface area (Å²) in [4.78, 5) is 10.7. The first kappa shape index (κ1) is 10.5. The second kappa shape index (κ2) is 4.61. The summed E-state index contributed by atoms with van der Waals surface area (Å²) in [5, 5.41) is 0. The molecule has 0 radical (unpaired) electrons. The normalized spacial score (nSPS) is 11.2. The Morgan fingerprint density at radius 1 is 1.21 bits per heavy atom. The van der Waals surface area contributed by atoms with Crippen molar-refractivity contribution < 1.29 is 9.53 Å². The van der Waals surface area contributed by atoms with Crippen LogP contribution in [0.2, 0.25) is 0 Å². The van der Waals surface area contributed by atoms with Gasteiger partial charge in [-0.05, 0) is 32.9 Å². The van der Waals surface area contributed by atoms with E-state index in [1.165, 1.54) is 18.6 Å². The molecule has 1 aromatic carbocycles. The lowest BCUT2D eigenvalue weighted by atomic mass is 10.2. The molecular weight excluding hydrogens is 176 g/mol. The first-order valence-electron chi connectivity index (χ1n) is 4.51.